The van der Waals surface area contributed by atoms with Gasteiger partial charge in [0.1, 0.15) is 11.1 Å². The summed E-state index contributed by atoms with van der Waals surface area (Å²) >= 11 is 1.65. The van der Waals surface area contributed by atoms with E-state index in [1.807, 2.05) is 18.2 Å². The van der Waals surface area contributed by atoms with Gasteiger partial charge in [0.15, 0.2) is 11.5 Å². The van der Waals surface area contributed by atoms with Gasteiger partial charge in [-0.25, -0.2) is 4.99 Å². The van der Waals surface area contributed by atoms with Crippen LogP contribution >= 0.6 is 11.3 Å². The van der Waals surface area contributed by atoms with E-state index in [4.69, 9.17) is 9.47 Å². The quantitative estimate of drug-likeness (QED) is 0.789. The lowest BCUT2D eigenvalue weighted by molar-refractivity contribution is 0.355. The standard InChI is InChI=1S/C18H18N2O2S/c1-21-15-8-7-12(9-16(15)22-2)11-20-18-14(10-19)13-5-3-4-6-17(13)23-18/h7-9,11H,3-6H2,1-2H3. The molecule has 0 amide bonds. The van der Waals surface area contributed by atoms with E-state index < -0.39 is 0 Å². The van der Waals surface area contributed by atoms with Crippen molar-refractivity contribution < 1.29 is 9.47 Å². The second-order valence-corrected chi connectivity index (χ2v) is 6.46. The van der Waals surface area contributed by atoms with E-state index in [1.165, 1.54) is 16.9 Å². The number of aliphatic imine (C=N–C) groups is 1. The largest absolute Gasteiger partial charge is 0.493 e. The summed E-state index contributed by atoms with van der Waals surface area (Å²) in [6.07, 6.45) is 6.22. The number of thiophene rings is 1. The predicted octanol–water partition coefficient (Wildman–Crippen LogP) is 4.27. The molecule has 4 nitrogen and oxygen atoms in total. The number of aryl methyl sites for hydroxylation is 1. The van der Waals surface area contributed by atoms with Crippen LogP contribution in [0.2, 0.25) is 0 Å². The summed E-state index contributed by atoms with van der Waals surface area (Å²) in [6, 6.07) is 7.98. The van der Waals surface area contributed by atoms with Gasteiger partial charge in [0.2, 0.25) is 0 Å². The van der Waals surface area contributed by atoms with Crippen molar-refractivity contribution in [3.8, 4) is 17.6 Å². The molecule has 0 N–H and O–H groups in total. The molecule has 0 saturated carbocycles. The van der Waals surface area contributed by atoms with E-state index in [1.54, 1.807) is 31.8 Å². The van der Waals surface area contributed by atoms with Gasteiger partial charge in [-0.2, -0.15) is 5.26 Å². The lowest BCUT2D eigenvalue weighted by atomic mass is 9.96. The average Bonchev–Trinajstić information content (AvgIpc) is 2.97. The summed E-state index contributed by atoms with van der Waals surface area (Å²) in [5.41, 5.74) is 2.88. The molecule has 1 aliphatic carbocycles. The minimum absolute atomic E-state index is 0.669. The summed E-state index contributed by atoms with van der Waals surface area (Å²) < 4.78 is 10.5. The van der Waals surface area contributed by atoms with E-state index in [9.17, 15) is 5.26 Å². The fourth-order valence-electron chi connectivity index (χ4n) is 2.82. The molecule has 0 bridgehead atoms. The van der Waals surface area contributed by atoms with Crippen LogP contribution in [0.25, 0.3) is 0 Å². The number of fused-ring (bicyclic) bond motifs is 1. The van der Waals surface area contributed by atoms with Gasteiger partial charge in [-0.3, -0.25) is 0 Å². The van der Waals surface area contributed by atoms with Gasteiger partial charge < -0.3 is 9.47 Å². The van der Waals surface area contributed by atoms with E-state index in [0.29, 0.717) is 11.5 Å². The zero-order valence-corrected chi connectivity index (χ0v) is 14.1. The maximum atomic E-state index is 9.46. The zero-order chi connectivity index (χ0) is 16.2. The SMILES string of the molecule is COc1ccc(C=Nc2sc3c(c2C#N)CCCC3)cc1OC. The summed E-state index contributed by atoms with van der Waals surface area (Å²) in [7, 11) is 3.22. The van der Waals surface area contributed by atoms with Crippen molar-refractivity contribution in [3.63, 3.8) is 0 Å². The smallest absolute Gasteiger partial charge is 0.161 e. The minimum Gasteiger partial charge on any atom is -0.493 e. The summed E-state index contributed by atoms with van der Waals surface area (Å²) in [6.45, 7) is 0. The van der Waals surface area contributed by atoms with Gasteiger partial charge in [-0.15, -0.1) is 11.3 Å². The highest BCUT2D eigenvalue weighted by Gasteiger charge is 2.20. The third-order valence-corrected chi connectivity index (χ3v) is 5.20. The van der Waals surface area contributed by atoms with Gasteiger partial charge >= 0.3 is 0 Å². The first-order chi connectivity index (χ1) is 11.3. The molecular weight excluding hydrogens is 308 g/mol. The number of rotatable bonds is 4. The maximum Gasteiger partial charge on any atom is 0.161 e. The highest BCUT2D eigenvalue weighted by molar-refractivity contribution is 7.16. The van der Waals surface area contributed by atoms with E-state index >= 15 is 0 Å². The Labute approximate surface area is 140 Å². The normalized spacial score (nSPS) is 13.6. The molecule has 0 atom stereocenters. The molecule has 0 fully saturated rings. The van der Waals surface area contributed by atoms with Gasteiger partial charge in [0, 0.05) is 11.1 Å². The van der Waals surface area contributed by atoms with Crippen LogP contribution in [-0.2, 0) is 12.8 Å². The van der Waals surface area contributed by atoms with E-state index in [2.05, 4.69) is 11.1 Å². The molecule has 0 saturated heterocycles. The monoisotopic (exact) mass is 326 g/mol. The summed E-state index contributed by atoms with van der Waals surface area (Å²) in [5, 5.41) is 10.3. The topological polar surface area (TPSA) is 54.6 Å². The Kier molecular flexibility index (Phi) is 4.63. The number of methoxy groups -OCH3 is 2. The van der Waals surface area contributed by atoms with Crippen LogP contribution in [0.4, 0.5) is 5.00 Å². The van der Waals surface area contributed by atoms with Gasteiger partial charge in [0.25, 0.3) is 0 Å². The average molecular weight is 326 g/mol. The van der Waals surface area contributed by atoms with Crippen molar-refractivity contribution in [2.75, 3.05) is 14.2 Å². The Morgan fingerprint density at radius 3 is 2.70 bits per heavy atom. The molecule has 0 spiro atoms. The third kappa shape index (κ3) is 3.08. The van der Waals surface area contributed by atoms with Gasteiger partial charge in [-0.1, -0.05) is 0 Å². The van der Waals surface area contributed by atoms with Gasteiger partial charge in [-0.05, 0) is 55.0 Å². The molecule has 118 valence electrons. The Balaban J connectivity index is 1.92. The fourth-order valence-corrected chi connectivity index (χ4v) is 4.01. The molecule has 5 heteroatoms. The first-order valence-corrected chi connectivity index (χ1v) is 8.39. The van der Waals surface area contributed by atoms with Crippen LogP contribution in [0.3, 0.4) is 0 Å². The highest BCUT2D eigenvalue weighted by Crippen LogP contribution is 2.39. The fraction of sp³-hybridized carbons (Fsp3) is 0.333. The maximum absolute atomic E-state index is 9.46. The van der Waals surface area contributed by atoms with Crippen LogP contribution < -0.4 is 9.47 Å². The molecule has 3 rings (SSSR count). The summed E-state index contributed by atoms with van der Waals surface area (Å²) in [4.78, 5) is 5.88. The number of ether oxygens (including phenoxy) is 2. The van der Waals surface area contributed by atoms with Crippen molar-refractivity contribution in [1.82, 2.24) is 0 Å². The van der Waals surface area contributed by atoms with Crippen LogP contribution in [0.15, 0.2) is 23.2 Å². The molecule has 0 aliphatic heterocycles. The molecule has 1 aliphatic rings. The number of hydrogen-bond acceptors (Lipinski definition) is 5. The van der Waals surface area contributed by atoms with Crippen molar-refractivity contribution in [1.29, 1.82) is 5.26 Å². The lowest BCUT2D eigenvalue weighted by Gasteiger charge is -2.09. The Hall–Kier alpha value is -2.32. The number of nitrogens with zero attached hydrogens (tertiary/aromatic N) is 2. The molecule has 1 aromatic heterocycles. The first kappa shape index (κ1) is 15.6. The predicted molar refractivity (Wildman–Crippen MR) is 92.5 cm³/mol. The van der Waals surface area contributed by atoms with Crippen LogP contribution in [-0.4, -0.2) is 20.4 Å². The van der Waals surface area contributed by atoms with Crippen molar-refractivity contribution in [3.05, 3.63) is 39.8 Å². The van der Waals surface area contributed by atoms with Crippen molar-refractivity contribution in [2.24, 2.45) is 4.99 Å². The van der Waals surface area contributed by atoms with Crippen LogP contribution in [0, 0.1) is 11.3 Å². The van der Waals surface area contributed by atoms with E-state index in [-0.39, 0.29) is 0 Å². The lowest BCUT2D eigenvalue weighted by Crippen LogP contribution is -1.99. The molecule has 0 radical (unpaired) electrons. The van der Waals surface area contributed by atoms with E-state index in [0.717, 1.165) is 35.4 Å². The molecule has 0 unspecified atom stereocenters. The molecule has 1 aromatic carbocycles. The Bertz CT molecular complexity index is 787. The Morgan fingerprint density at radius 2 is 1.96 bits per heavy atom. The number of benzene rings is 1. The van der Waals surface area contributed by atoms with Crippen molar-refractivity contribution in [2.45, 2.75) is 25.7 Å². The van der Waals surface area contributed by atoms with Crippen LogP contribution in [0.1, 0.15) is 34.4 Å². The first-order valence-electron chi connectivity index (χ1n) is 7.57. The highest BCUT2D eigenvalue weighted by atomic mass is 32.1. The molecule has 23 heavy (non-hydrogen) atoms. The molecule has 1 heterocycles. The second kappa shape index (κ2) is 6.84. The Morgan fingerprint density at radius 1 is 1.17 bits per heavy atom. The summed E-state index contributed by atoms with van der Waals surface area (Å²) in [5.74, 6) is 1.36. The van der Waals surface area contributed by atoms with Gasteiger partial charge in [0.05, 0.1) is 19.8 Å². The number of hydrogen-bond donors (Lipinski definition) is 0. The second-order valence-electron chi connectivity index (χ2n) is 5.38. The van der Waals surface area contributed by atoms with Crippen molar-refractivity contribution >= 4 is 22.6 Å². The van der Waals surface area contributed by atoms with Crippen LogP contribution in [0.5, 0.6) is 11.5 Å². The third-order valence-electron chi connectivity index (χ3n) is 4.00. The molecular formula is C18H18N2O2S. The zero-order valence-electron chi connectivity index (χ0n) is 13.3. The number of nitriles is 1. The minimum atomic E-state index is 0.669. The molecule has 2 aromatic rings.